The van der Waals surface area contributed by atoms with Gasteiger partial charge < -0.3 is 4.90 Å². The molecule has 0 aliphatic carbocycles. The van der Waals surface area contributed by atoms with Gasteiger partial charge in [-0.15, -0.1) is 0 Å². The van der Waals surface area contributed by atoms with Crippen LogP contribution in [-0.4, -0.2) is 12.5 Å². The lowest BCUT2D eigenvalue weighted by molar-refractivity contribution is -0.117. The van der Waals surface area contributed by atoms with E-state index in [-0.39, 0.29) is 11.7 Å². The predicted octanol–water partition coefficient (Wildman–Crippen LogP) is 3.08. The Morgan fingerprint density at radius 2 is 2.12 bits per heavy atom. The van der Waals surface area contributed by atoms with Crippen LogP contribution in [0.5, 0.6) is 0 Å². The molecule has 3 heteroatoms. The molecule has 0 N–H and O–H groups in total. The van der Waals surface area contributed by atoms with Crippen molar-refractivity contribution in [2.24, 2.45) is 0 Å². The van der Waals surface area contributed by atoms with Gasteiger partial charge in [0.05, 0.1) is 5.69 Å². The van der Waals surface area contributed by atoms with E-state index in [0.717, 1.165) is 12.0 Å². The zero-order valence-corrected chi connectivity index (χ0v) is 9.66. The number of hydrogen-bond acceptors (Lipinski definition) is 1. The molecular formula is C13H16FNO. The molecule has 16 heavy (non-hydrogen) atoms. The van der Waals surface area contributed by atoms with Gasteiger partial charge in [0.25, 0.3) is 0 Å². The first-order valence-corrected chi connectivity index (χ1v) is 5.69. The number of halogens is 1. The van der Waals surface area contributed by atoms with Crippen molar-refractivity contribution in [3.63, 3.8) is 0 Å². The molecule has 0 radical (unpaired) electrons. The Balaban J connectivity index is 2.32. The fraction of sp³-hybridized carbons (Fsp3) is 0.462. The van der Waals surface area contributed by atoms with E-state index < -0.39 is 0 Å². The molecule has 0 unspecified atom stereocenters. The maximum Gasteiger partial charge on any atom is 0.227 e. The summed E-state index contributed by atoms with van der Waals surface area (Å²) in [7, 11) is 0. The van der Waals surface area contributed by atoms with Crippen molar-refractivity contribution in [3.05, 3.63) is 29.6 Å². The van der Waals surface area contributed by atoms with E-state index >= 15 is 0 Å². The highest BCUT2D eigenvalue weighted by Gasteiger charge is 2.24. The maximum atomic E-state index is 13.8. The standard InChI is InChI=1S/C13H16FNO/c1-9(2)10-5-6-12(11(14)8-10)15-7-3-4-13(15)16/h5-6,8-9H,3-4,7H2,1-2H3. The Labute approximate surface area is 95.1 Å². The zero-order valence-electron chi connectivity index (χ0n) is 9.66. The quantitative estimate of drug-likeness (QED) is 0.751. The van der Waals surface area contributed by atoms with Gasteiger partial charge in [-0.2, -0.15) is 0 Å². The number of rotatable bonds is 2. The Morgan fingerprint density at radius 1 is 1.38 bits per heavy atom. The Kier molecular flexibility index (Phi) is 2.95. The molecule has 1 aromatic carbocycles. The molecule has 0 bridgehead atoms. The van der Waals surface area contributed by atoms with Crippen LogP contribution >= 0.6 is 0 Å². The first-order chi connectivity index (χ1) is 7.59. The van der Waals surface area contributed by atoms with Crippen molar-refractivity contribution in [3.8, 4) is 0 Å². The Bertz CT molecular complexity index is 414. The molecule has 2 nitrogen and oxygen atoms in total. The summed E-state index contributed by atoms with van der Waals surface area (Å²) >= 11 is 0. The number of amides is 1. The maximum absolute atomic E-state index is 13.8. The van der Waals surface area contributed by atoms with Crippen LogP contribution in [0.25, 0.3) is 0 Å². The summed E-state index contributed by atoms with van der Waals surface area (Å²) in [6, 6.07) is 5.15. The topological polar surface area (TPSA) is 20.3 Å². The fourth-order valence-electron chi connectivity index (χ4n) is 2.00. The van der Waals surface area contributed by atoms with Crippen LogP contribution < -0.4 is 4.90 Å². The van der Waals surface area contributed by atoms with E-state index in [1.165, 1.54) is 6.07 Å². The van der Waals surface area contributed by atoms with Gasteiger partial charge in [0.2, 0.25) is 5.91 Å². The van der Waals surface area contributed by atoms with E-state index in [0.29, 0.717) is 24.6 Å². The molecule has 1 aromatic rings. The largest absolute Gasteiger partial charge is 0.310 e. The van der Waals surface area contributed by atoms with Gasteiger partial charge in [0.1, 0.15) is 5.82 Å². The molecule has 86 valence electrons. The minimum Gasteiger partial charge on any atom is -0.310 e. The van der Waals surface area contributed by atoms with Crippen molar-refractivity contribution in [1.29, 1.82) is 0 Å². The number of anilines is 1. The average Bonchev–Trinajstić information content (AvgIpc) is 2.64. The van der Waals surface area contributed by atoms with Crippen LogP contribution in [0.3, 0.4) is 0 Å². The van der Waals surface area contributed by atoms with Crippen LogP contribution in [0.4, 0.5) is 10.1 Å². The predicted molar refractivity (Wildman–Crippen MR) is 62.1 cm³/mol. The Morgan fingerprint density at radius 3 is 2.62 bits per heavy atom. The lowest BCUT2D eigenvalue weighted by Gasteiger charge is -2.17. The van der Waals surface area contributed by atoms with Gasteiger partial charge in [0.15, 0.2) is 0 Å². The molecule has 1 amide bonds. The minimum atomic E-state index is -0.290. The third-order valence-corrected chi connectivity index (χ3v) is 3.00. The highest BCUT2D eigenvalue weighted by Crippen LogP contribution is 2.27. The summed E-state index contributed by atoms with van der Waals surface area (Å²) in [5.74, 6) is 0.0375. The van der Waals surface area contributed by atoms with E-state index in [4.69, 9.17) is 0 Å². The van der Waals surface area contributed by atoms with Crippen LogP contribution in [-0.2, 0) is 4.79 Å². The summed E-state index contributed by atoms with van der Waals surface area (Å²) < 4.78 is 13.8. The molecule has 2 rings (SSSR count). The molecule has 1 heterocycles. The minimum absolute atomic E-state index is 0.0243. The van der Waals surface area contributed by atoms with E-state index in [2.05, 4.69) is 0 Å². The number of benzene rings is 1. The number of nitrogens with zero attached hydrogens (tertiary/aromatic N) is 1. The first-order valence-electron chi connectivity index (χ1n) is 5.69. The van der Waals surface area contributed by atoms with Crippen LogP contribution in [0, 0.1) is 5.82 Å². The zero-order chi connectivity index (χ0) is 11.7. The fourth-order valence-corrected chi connectivity index (χ4v) is 2.00. The monoisotopic (exact) mass is 221 g/mol. The van der Waals surface area contributed by atoms with Crippen LogP contribution in [0.2, 0.25) is 0 Å². The smallest absolute Gasteiger partial charge is 0.227 e. The molecule has 1 saturated heterocycles. The van der Waals surface area contributed by atoms with Gasteiger partial charge in [-0.25, -0.2) is 4.39 Å². The van der Waals surface area contributed by atoms with E-state index in [1.807, 2.05) is 19.9 Å². The summed E-state index contributed by atoms with van der Waals surface area (Å²) in [4.78, 5) is 13.0. The molecule has 1 aliphatic heterocycles. The highest BCUT2D eigenvalue weighted by atomic mass is 19.1. The van der Waals surface area contributed by atoms with Crippen LogP contribution in [0.15, 0.2) is 18.2 Å². The van der Waals surface area contributed by atoms with Gasteiger partial charge >= 0.3 is 0 Å². The van der Waals surface area contributed by atoms with Gasteiger partial charge in [0, 0.05) is 13.0 Å². The highest BCUT2D eigenvalue weighted by molar-refractivity contribution is 5.95. The third-order valence-electron chi connectivity index (χ3n) is 3.00. The number of hydrogen-bond donors (Lipinski definition) is 0. The summed E-state index contributed by atoms with van der Waals surface area (Å²) in [6.45, 7) is 4.68. The molecule has 1 aliphatic rings. The normalized spacial score (nSPS) is 16.2. The Hall–Kier alpha value is -1.38. The molecule has 0 aromatic heterocycles. The second-order valence-electron chi connectivity index (χ2n) is 4.51. The van der Waals surface area contributed by atoms with Crippen molar-refractivity contribution in [2.75, 3.05) is 11.4 Å². The lowest BCUT2D eigenvalue weighted by Crippen LogP contribution is -2.24. The molecule has 0 saturated carbocycles. The second-order valence-corrected chi connectivity index (χ2v) is 4.51. The summed E-state index contributed by atoms with van der Waals surface area (Å²) in [5.41, 5.74) is 1.39. The average molecular weight is 221 g/mol. The van der Waals surface area contributed by atoms with Crippen LogP contribution in [0.1, 0.15) is 38.2 Å². The van der Waals surface area contributed by atoms with E-state index in [9.17, 15) is 9.18 Å². The number of carbonyl (C=O) groups excluding carboxylic acids is 1. The molecular weight excluding hydrogens is 205 g/mol. The summed E-state index contributed by atoms with van der Waals surface area (Å²) in [6.07, 6.45) is 1.36. The van der Waals surface area contributed by atoms with Gasteiger partial charge in [-0.1, -0.05) is 19.9 Å². The number of carbonyl (C=O) groups is 1. The van der Waals surface area contributed by atoms with Gasteiger partial charge in [-0.3, -0.25) is 4.79 Å². The lowest BCUT2D eigenvalue weighted by atomic mass is 10.0. The van der Waals surface area contributed by atoms with Crippen molar-refractivity contribution in [2.45, 2.75) is 32.6 Å². The van der Waals surface area contributed by atoms with E-state index in [1.54, 1.807) is 11.0 Å². The summed E-state index contributed by atoms with van der Waals surface area (Å²) in [5, 5.41) is 0. The molecule has 1 fully saturated rings. The second kappa shape index (κ2) is 4.24. The molecule has 0 atom stereocenters. The SMILES string of the molecule is CC(C)c1ccc(N2CCCC2=O)c(F)c1. The molecule has 0 spiro atoms. The van der Waals surface area contributed by atoms with Crippen molar-refractivity contribution in [1.82, 2.24) is 0 Å². The first kappa shape index (κ1) is 11.1. The van der Waals surface area contributed by atoms with Crippen molar-refractivity contribution < 1.29 is 9.18 Å². The third kappa shape index (κ3) is 1.94. The van der Waals surface area contributed by atoms with Crippen molar-refractivity contribution >= 4 is 11.6 Å². The van der Waals surface area contributed by atoms with Gasteiger partial charge in [-0.05, 0) is 30.0 Å².